The Bertz CT molecular complexity index is 2680. The van der Waals surface area contributed by atoms with Crippen LogP contribution in [0.15, 0.2) is 167 Å². The molecule has 0 aliphatic heterocycles. The zero-order valence-electron chi connectivity index (χ0n) is 26.6. The van der Waals surface area contributed by atoms with Crippen molar-refractivity contribution >= 4 is 44.4 Å². The Labute approximate surface area is 286 Å². The Morgan fingerprint density at radius 2 is 0.660 bits per heavy atom. The van der Waals surface area contributed by atoms with Crippen LogP contribution in [0.2, 0.25) is 0 Å². The standard InChI is InChI=1S/C44H26N4O2/c1-3-15-27(16-4-1)37-39(45-41-33-23-11-13-25-35(33)49-43(41)47-37)31-21-9-7-19-29(31)30-20-8-10-22-32(30)40-38(28-17-5-2-6-18-28)48-44-42(46-40)34-24-12-14-26-36(34)50-44/h1-26H. The van der Waals surface area contributed by atoms with E-state index in [0.717, 1.165) is 89.1 Å². The number of hydrogen-bond donors (Lipinski definition) is 0. The molecule has 6 aromatic carbocycles. The summed E-state index contributed by atoms with van der Waals surface area (Å²) in [4.78, 5) is 20.9. The first-order valence-electron chi connectivity index (χ1n) is 16.5. The average Bonchev–Trinajstić information content (AvgIpc) is 3.75. The normalized spacial score (nSPS) is 11.6. The van der Waals surface area contributed by atoms with Crippen LogP contribution in [0.25, 0.3) is 101 Å². The number of para-hydroxylation sites is 2. The lowest BCUT2D eigenvalue weighted by atomic mass is 9.90. The third-order valence-corrected chi connectivity index (χ3v) is 9.17. The van der Waals surface area contributed by atoms with E-state index in [0.29, 0.717) is 11.4 Å². The lowest BCUT2D eigenvalue weighted by Gasteiger charge is -2.17. The van der Waals surface area contributed by atoms with Crippen LogP contribution in [0.3, 0.4) is 0 Å². The summed E-state index contributed by atoms with van der Waals surface area (Å²) in [5.41, 5.74) is 12.8. The van der Waals surface area contributed by atoms with Crippen LogP contribution < -0.4 is 0 Å². The molecule has 10 aromatic rings. The van der Waals surface area contributed by atoms with Gasteiger partial charge in [0.2, 0.25) is 11.4 Å². The summed E-state index contributed by atoms with van der Waals surface area (Å²) in [5.74, 6) is 0. The van der Waals surface area contributed by atoms with Crippen molar-refractivity contribution in [3.8, 4) is 56.2 Å². The van der Waals surface area contributed by atoms with Crippen LogP contribution >= 0.6 is 0 Å². The minimum atomic E-state index is 0.509. The first-order chi connectivity index (χ1) is 24.8. The van der Waals surface area contributed by atoms with Gasteiger partial charge in [-0.1, -0.05) is 133 Å². The molecule has 4 aromatic heterocycles. The van der Waals surface area contributed by atoms with Crippen molar-refractivity contribution in [2.75, 3.05) is 0 Å². The Balaban J connectivity index is 1.25. The number of furan rings is 2. The smallest absolute Gasteiger partial charge is 0.246 e. The predicted octanol–water partition coefficient (Wildman–Crippen LogP) is 11.4. The van der Waals surface area contributed by atoms with Gasteiger partial charge in [-0.15, -0.1) is 0 Å². The molecule has 10 rings (SSSR count). The average molecular weight is 643 g/mol. The van der Waals surface area contributed by atoms with Crippen molar-refractivity contribution in [3.63, 3.8) is 0 Å². The monoisotopic (exact) mass is 642 g/mol. The van der Waals surface area contributed by atoms with Gasteiger partial charge in [0.05, 0.1) is 11.4 Å². The molecule has 0 N–H and O–H groups in total. The summed E-state index contributed by atoms with van der Waals surface area (Å²) >= 11 is 0. The predicted molar refractivity (Wildman–Crippen MR) is 199 cm³/mol. The first-order valence-corrected chi connectivity index (χ1v) is 16.5. The summed E-state index contributed by atoms with van der Waals surface area (Å²) < 4.78 is 12.4. The highest BCUT2D eigenvalue weighted by atomic mass is 16.3. The van der Waals surface area contributed by atoms with E-state index in [-0.39, 0.29) is 0 Å². The Hall–Kier alpha value is -6.92. The van der Waals surface area contributed by atoms with Crippen molar-refractivity contribution in [1.82, 2.24) is 19.9 Å². The molecular weight excluding hydrogens is 617 g/mol. The summed E-state index contributed by atoms with van der Waals surface area (Å²) in [6.45, 7) is 0. The molecule has 0 fully saturated rings. The topological polar surface area (TPSA) is 77.8 Å². The third kappa shape index (κ3) is 4.50. The van der Waals surface area contributed by atoms with E-state index >= 15 is 0 Å². The molecule has 234 valence electrons. The van der Waals surface area contributed by atoms with E-state index in [1.165, 1.54) is 0 Å². The first kappa shape index (κ1) is 28.1. The highest BCUT2D eigenvalue weighted by Crippen LogP contribution is 2.43. The Morgan fingerprint density at radius 1 is 0.300 bits per heavy atom. The van der Waals surface area contributed by atoms with Gasteiger partial charge in [0, 0.05) is 33.0 Å². The molecule has 0 amide bonds. The largest absolute Gasteiger partial charge is 0.436 e. The van der Waals surface area contributed by atoms with E-state index in [4.69, 9.17) is 28.8 Å². The molecule has 0 unspecified atom stereocenters. The maximum absolute atomic E-state index is 6.22. The number of nitrogens with zero attached hydrogens (tertiary/aromatic N) is 4. The van der Waals surface area contributed by atoms with E-state index in [1.807, 2.05) is 84.9 Å². The summed E-state index contributed by atoms with van der Waals surface area (Å²) in [6, 6.07) is 53.0. The highest BCUT2D eigenvalue weighted by molar-refractivity contribution is 6.05. The van der Waals surface area contributed by atoms with E-state index in [2.05, 4.69) is 72.8 Å². The number of aromatic nitrogens is 4. The van der Waals surface area contributed by atoms with Crippen LogP contribution in [0.4, 0.5) is 0 Å². The van der Waals surface area contributed by atoms with Crippen LogP contribution in [0, 0.1) is 0 Å². The Morgan fingerprint density at radius 3 is 1.10 bits per heavy atom. The maximum atomic E-state index is 6.22. The molecule has 0 saturated heterocycles. The highest BCUT2D eigenvalue weighted by Gasteiger charge is 2.24. The lowest BCUT2D eigenvalue weighted by molar-refractivity contribution is 0.653. The molecule has 6 nitrogen and oxygen atoms in total. The fourth-order valence-electron chi connectivity index (χ4n) is 6.86. The summed E-state index contributed by atoms with van der Waals surface area (Å²) in [6.07, 6.45) is 0. The molecular formula is C44H26N4O2. The van der Waals surface area contributed by atoms with E-state index in [9.17, 15) is 0 Å². The Kier molecular flexibility index (Phi) is 6.39. The van der Waals surface area contributed by atoms with Gasteiger partial charge in [-0.05, 0) is 35.4 Å². The zero-order valence-corrected chi connectivity index (χ0v) is 26.6. The third-order valence-electron chi connectivity index (χ3n) is 9.17. The fourth-order valence-corrected chi connectivity index (χ4v) is 6.86. The van der Waals surface area contributed by atoms with Gasteiger partial charge >= 0.3 is 0 Å². The van der Waals surface area contributed by atoms with Gasteiger partial charge in [-0.25, -0.2) is 19.9 Å². The molecule has 0 saturated carbocycles. The number of benzene rings is 6. The second-order valence-electron chi connectivity index (χ2n) is 12.2. The lowest BCUT2D eigenvalue weighted by Crippen LogP contribution is -1.98. The molecule has 0 bridgehead atoms. The fraction of sp³-hybridized carbons (Fsp3) is 0. The molecule has 50 heavy (non-hydrogen) atoms. The summed E-state index contributed by atoms with van der Waals surface area (Å²) in [5, 5.41) is 1.86. The molecule has 4 heterocycles. The molecule has 0 radical (unpaired) electrons. The molecule has 6 heteroatoms. The van der Waals surface area contributed by atoms with Crippen LogP contribution in [0.1, 0.15) is 0 Å². The SMILES string of the molecule is c1ccc(-c2nc3oc4ccccc4c3nc2-c2ccccc2-c2ccccc2-c2nc3c(nc2-c2ccccc2)oc2ccccc23)cc1. The van der Waals surface area contributed by atoms with Gasteiger partial charge in [0.15, 0.2) is 0 Å². The number of hydrogen-bond acceptors (Lipinski definition) is 6. The second-order valence-corrected chi connectivity index (χ2v) is 12.2. The van der Waals surface area contributed by atoms with Crippen LogP contribution in [-0.4, -0.2) is 19.9 Å². The van der Waals surface area contributed by atoms with E-state index in [1.54, 1.807) is 0 Å². The van der Waals surface area contributed by atoms with Gasteiger partial charge in [-0.3, -0.25) is 0 Å². The van der Waals surface area contributed by atoms with Crippen molar-refractivity contribution in [2.45, 2.75) is 0 Å². The minimum Gasteiger partial charge on any atom is -0.436 e. The minimum absolute atomic E-state index is 0.509. The van der Waals surface area contributed by atoms with Crippen LogP contribution in [0.5, 0.6) is 0 Å². The number of rotatable bonds is 5. The van der Waals surface area contributed by atoms with Crippen molar-refractivity contribution in [1.29, 1.82) is 0 Å². The molecule has 0 aliphatic carbocycles. The van der Waals surface area contributed by atoms with Gasteiger partial charge < -0.3 is 8.83 Å². The summed E-state index contributed by atoms with van der Waals surface area (Å²) in [7, 11) is 0. The number of fused-ring (bicyclic) bond motifs is 6. The molecule has 0 aliphatic rings. The van der Waals surface area contributed by atoms with Crippen molar-refractivity contribution in [3.05, 3.63) is 158 Å². The molecule has 0 spiro atoms. The van der Waals surface area contributed by atoms with Crippen molar-refractivity contribution in [2.24, 2.45) is 0 Å². The van der Waals surface area contributed by atoms with E-state index < -0.39 is 0 Å². The van der Waals surface area contributed by atoms with Gasteiger partial charge in [0.25, 0.3) is 0 Å². The zero-order chi connectivity index (χ0) is 33.0. The van der Waals surface area contributed by atoms with Gasteiger partial charge in [0.1, 0.15) is 33.6 Å². The maximum Gasteiger partial charge on any atom is 0.246 e. The van der Waals surface area contributed by atoms with Crippen molar-refractivity contribution < 1.29 is 8.83 Å². The quantitative estimate of drug-likeness (QED) is 0.186. The van der Waals surface area contributed by atoms with Gasteiger partial charge in [-0.2, -0.15) is 0 Å². The molecule has 0 atom stereocenters. The second kappa shape index (κ2) is 11.4. The van der Waals surface area contributed by atoms with Crippen LogP contribution in [-0.2, 0) is 0 Å².